The molecule has 6 nitrogen and oxygen atoms in total. The van der Waals surface area contributed by atoms with Crippen molar-refractivity contribution in [3.8, 4) is 0 Å². The van der Waals surface area contributed by atoms with Crippen molar-refractivity contribution >= 4 is 11.8 Å². The van der Waals surface area contributed by atoms with Gasteiger partial charge in [0.25, 0.3) is 0 Å². The summed E-state index contributed by atoms with van der Waals surface area (Å²) in [5, 5.41) is 0. The fraction of sp³-hybridized carbons (Fsp3) is 0.867. The van der Waals surface area contributed by atoms with E-state index in [1.807, 2.05) is 11.9 Å². The summed E-state index contributed by atoms with van der Waals surface area (Å²) in [6.07, 6.45) is 5.77. The number of hydrogen-bond acceptors (Lipinski definition) is 4. The van der Waals surface area contributed by atoms with E-state index >= 15 is 0 Å². The molecule has 6 heteroatoms. The molecule has 0 spiro atoms. The lowest BCUT2D eigenvalue weighted by Gasteiger charge is -2.32. The largest absolute Gasteiger partial charge is 0.379 e. The molecule has 2 unspecified atom stereocenters. The van der Waals surface area contributed by atoms with Crippen LogP contribution in [0, 0.1) is 5.92 Å². The summed E-state index contributed by atoms with van der Waals surface area (Å²) in [5.41, 5.74) is 5.86. The maximum Gasteiger partial charge on any atom is 0.242 e. The van der Waals surface area contributed by atoms with Gasteiger partial charge >= 0.3 is 0 Å². The van der Waals surface area contributed by atoms with Crippen LogP contribution >= 0.6 is 0 Å². The van der Waals surface area contributed by atoms with Crippen molar-refractivity contribution in [2.75, 3.05) is 33.9 Å². The molecular formula is C15H27N3O3. The molecule has 21 heavy (non-hydrogen) atoms. The molecule has 2 fully saturated rings. The Morgan fingerprint density at radius 3 is 2.38 bits per heavy atom. The van der Waals surface area contributed by atoms with Crippen LogP contribution in [0.1, 0.15) is 32.1 Å². The molecule has 2 amide bonds. The zero-order chi connectivity index (χ0) is 15.4. The first kappa shape index (κ1) is 16.2. The van der Waals surface area contributed by atoms with E-state index in [1.165, 1.54) is 24.2 Å². The molecule has 0 bridgehead atoms. The molecular weight excluding hydrogens is 270 g/mol. The zero-order valence-corrected chi connectivity index (χ0v) is 13.1. The van der Waals surface area contributed by atoms with Gasteiger partial charge in [-0.05, 0) is 12.8 Å². The number of amides is 2. The molecule has 2 rings (SSSR count). The number of hydrogen-bond donors (Lipinski definition) is 1. The van der Waals surface area contributed by atoms with Gasteiger partial charge in [-0.2, -0.15) is 0 Å². The van der Waals surface area contributed by atoms with Gasteiger partial charge in [-0.3, -0.25) is 9.59 Å². The quantitative estimate of drug-likeness (QED) is 0.805. The molecule has 0 radical (unpaired) electrons. The van der Waals surface area contributed by atoms with Gasteiger partial charge in [0.05, 0.1) is 25.7 Å². The van der Waals surface area contributed by atoms with Gasteiger partial charge in [-0.15, -0.1) is 0 Å². The highest BCUT2D eigenvalue weighted by molar-refractivity contribution is 5.86. The highest BCUT2D eigenvalue weighted by Crippen LogP contribution is 2.22. The molecule has 1 aliphatic heterocycles. The molecule has 1 aliphatic carbocycles. The van der Waals surface area contributed by atoms with Crippen molar-refractivity contribution in [3.05, 3.63) is 0 Å². The van der Waals surface area contributed by atoms with E-state index < -0.39 is 0 Å². The number of carbonyl (C=O) groups excluding carboxylic acids is 2. The van der Waals surface area contributed by atoms with Gasteiger partial charge in [-0.25, -0.2) is 0 Å². The van der Waals surface area contributed by atoms with E-state index in [2.05, 4.69) is 0 Å². The van der Waals surface area contributed by atoms with Crippen LogP contribution < -0.4 is 5.73 Å². The topological polar surface area (TPSA) is 75.9 Å². The van der Waals surface area contributed by atoms with Crippen LogP contribution in [0.2, 0.25) is 0 Å². The van der Waals surface area contributed by atoms with Crippen molar-refractivity contribution in [1.82, 2.24) is 9.80 Å². The van der Waals surface area contributed by atoms with Gasteiger partial charge in [0.2, 0.25) is 11.8 Å². The first-order valence-corrected chi connectivity index (χ1v) is 7.84. The minimum Gasteiger partial charge on any atom is -0.379 e. The number of rotatable bonds is 4. The summed E-state index contributed by atoms with van der Waals surface area (Å²) < 4.78 is 5.22. The first-order chi connectivity index (χ1) is 10.0. The normalized spacial score (nSPS) is 26.6. The maximum absolute atomic E-state index is 12.3. The molecule has 120 valence electrons. The second kappa shape index (κ2) is 7.22. The summed E-state index contributed by atoms with van der Waals surface area (Å²) in [6, 6.07) is 0.0675. The monoisotopic (exact) mass is 297 g/mol. The van der Waals surface area contributed by atoms with Gasteiger partial charge in [-0.1, -0.05) is 19.3 Å². The second-order valence-electron chi connectivity index (χ2n) is 6.30. The van der Waals surface area contributed by atoms with Crippen LogP contribution in [-0.2, 0) is 14.3 Å². The van der Waals surface area contributed by atoms with Gasteiger partial charge < -0.3 is 20.3 Å². The van der Waals surface area contributed by atoms with E-state index in [0.717, 1.165) is 12.8 Å². The molecule has 1 saturated heterocycles. The standard InChI is InChI=1S/C15H27N3O3/c1-17(15(20)12-9-21-10-13(12)16)8-14(19)18(2)11-6-4-3-5-7-11/h11-13H,3-10,16H2,1-2H3. The number of nitrogens with zero attached hydrogens (tertiary/aromatic N) is 2. The summed E-state index contributed by atoms with van der Waals surface area (Å²) >= 11 is 0. The van der Waals surface area contributed by atoms with Crippen LogP contribution in [0.5, 0.6) is 0 Å². The zero-order valence-electron chi connectivity index (χ0n) is 13.1. The van der Waals surface area contributed by atoms with Crippen molar-refractivity contribution in [1.29, 1.82) is 0 Å². The summed E-state index contributed by atoms with van der Waals surface area (Å²) in [4.78, 5) is 27.9. The summed E-state index contributed by atoms with van der Waals surface area (Å²) in [6.45, 7) is 0.895. The van der Waals surface area contributed by atoms with Crippen molar-refractivity contribution in [2.24, 2.45) is 11.7 Å². The summed E-state index contributed by atoms with van der Waals surface area (Å²) in [5.74, 6) is -0.404. The van der Waals surface area contributed by atoms with Crippen molar-refractivity contribution in [2.45, 2.75) is 44.2 Å². The van der Waals surface area contributed by atoms with Crippen molar-refractivity contribution < 1.29 is 14.3 Å². The Morgan fingerprint density at radius 1 is 1.14 bits per heavy atom. The molecule has 0 aromatic carbocycles. The third kappa shape index (κ3) is 3.95. The molecule has 0 aromatic rings. The second-order valence-corrected chi connectivity index (χ2v) is 6.30. The van der Waals surface area contributed by atoms with E-state index in [1.54, 1.807) is 7.05 Å². The van der Waals surface area contributed by atoms with Crippen LogP contribution in [0.25, 0.3) is 0 Å². The third-order valence-electron chi connectivity index (χ3n) is 4.71. The van der Waals surface area contributed by atoms with E-state index in [4.69, 9.17) is 10.5 Å². The van der Waals surface area contributed by atoms with E-state index in [-0.39, 0.29) is 30.3 Å². The lowest BCUT2D eigenvalue weighted by atomic mass is 9.94. The average Bonchev–Trinajstić information content (AvgIpc) is 2.92. The molecule has 1 heterocycles. The Bertz CT molecular complexity index is 382. The minimum absolute atomic E-state index is 0.00485. The number of nitrogens with two attached hydrogens (primary N) is 1. The van der Waals surface area contributed by atoms with Gasteiger partial charge in [0, 0.05) is 26.2 Å². The van der Waals surface area contributed by atoms with Gasteiger partial charge in [0.1, 0.15) is 0 Å². The summed E-state index contributed by atoms with van der Waals surface area (Å²) in [7, 11) is 3.51. The van der Waals surface area contributed by atoms with Crippen LogP contribution in [0.15, 0.2) is 0 Å². The van der Waals surface area contributed by atoms with Crippen LogP contribution in [0.3, 0.4) is 0 Å². The average molecular weight is 297 g/mol. The Kier molecular flexibility index (Phi) is 5.58. The van der Waals surface area contributed by atoms with Crippen LogP contribution in [-0.4, -0.2) is 67.6 Å². The Labute approximate surface area is 126 Å². The number of likely N-dealkylation sites (N-methyl/N-ethyl adjacent to an activating group) is 2. The Hall–Kier alpha value is -1.14. The van der Waals surface area contributed by atoms with Gasteiger partial charge in [0.15, 0.2) is 0 Å². The highest BCUT2D eigenvalue weighted by atomic mass is 16.5. The number of carbonyl (C=O) groups is 2. The number of ether oxygens (including phenoxy) is 1. The lowest BCUT2D eigenvalue weighted by molar-refractivity contribution is -0.142. The van der Waals surface area contributed by atoms with Crippen LogP contribution in [0.4, 0.5) is 0 Å². The molecule has 2 aliphatic rings. The van der Waals surface area contributed by atoms with E-state index in [0.29, 0.717) is 19.3 Å². The Morgan fingerprint density at radius 2 is 1.81 bits per heavy atom. The molecule has 0 aromatic heterocycles. The first-order valence-electron chi connectivity index (χ1n) is 7.84. The fourth-order valence-corrected chi connectivity index (χ4v) is 3.17. The smallest absolute Gasteiger partial charge is 0.242 e. The predicted molar refractivity (Wildman–Crippen MR) is 79.6 cm³/mol. The molecule has 2 atom stereocenters. The maximum atomic E-state index is 12.3. The predicted octanol–water partition coefficient (Wildman–Crippen LogP) is 0.210. The lowest BCUT2D eigenvalue weighted by Crippen LogP contribution is -2.48. The minimum atomic E-state index is -0.317. The molecule has 1 saturated carbocycles. The highest BCUT2D eigenvalue weighted by Gasteiger charge is 2.34. The van der Waals surface area contributed by atoms with Crippen molar-refractivity contribution in [3.63, 3.8) is 0 Å². The fourth-order valence-electron chi connectivity index (χ4n) is 3.17. The molecule has 2 N–H and O–H groups in total. The Balaban J connectivity index is 1.84. The third-order valence-corrected chi connectivity index (χ3v) is 4.71. The van der Waals surface area contributed by atoms with E-state index in [9.17, 15) is 9.59 Å². The SMILES string of the molecule is CN(CC(=O)N(C)C1CCCCC1)C(=O)C1COCC1N.